The van der Waals surface area contributed by atoms with E-state index >= 15 is 0 Å². The summed E-state index contributed by atoms with van der Waals surface area (Å²) in [4.78, 5) is 16.6. The highest BCUT2D eigenvalue weighted by Gasteiger charge is 2.10. The van der Waals surface area contributed by atoms with Crippen LogP contribution in [0, 0.1) is 11.8 Å². The van der Waals surface area contributed by atoms with Crippen LogP contribution in [0.2, 0.25) is 0 Å². The number of amides is 1. The number of carbonyl (C=O) groups is 1. The standard InChI is InChI=1S/C14H15N3O2S/c18-9-1-3-12-4-10-20-13(12)14(19)16-5-2-7-17-8-6-15-11-17/h4,6,8,10-11,18H,2,5,7,9H2,(H,16,19). The summed E-state index contributed by atoms with van der Waals surface area (Å²) in [6.45, 7) is 1.21. The molecule has 0 aliphatic heterocycles. The molecule has 0 bridgehead atoms. The lowest BCUT2D eigenvalue weighted by molar-refractivity contribution is 0.0956. The van der Waals surface area contributed by atoms with E-state index in [2.05, 4.69) is 22.1 Å². The molecule has 0 aliphatic carbocycles. The number of imidazole rings is 1. The molecule has 2 aromatic heterocycles. The van der Waals surface area contributed by atoms with Gasteiger partial charge in [-0.25, -0.2) is 4.98 Å². The fourth-order valence-electron chi connectivity index (χ4n) is 1.68. The van der Waals surface area contributed by atoms with Crippen molar-refractivity contribution in [2.45, 2.75) is 13.0 Å². The Morgan fingerprint density at radius 3 is 3.20 bits per heavy atom. The van der Waals surface area contributed by atoms with Gasteiger partial charge in [-0.3, -0.25) is 4.79 Å². The third-order valence-electron chi connectivity index (χ3n) is 2.61. The van der Waals surface area contributed by atoms with Gasteiger partial charge in [0.25, 0.3) is 5.91 Å². The zero-order chi connectivity index (χ0) is 14.2. The maximum absolute atomic E-state index is 12.0. The lowest BCUT2D eigenvalue weighted by Crippen LogP contribution is -2.25. The highest BCUT2D eigenvalue weighted by Crippen LogP contribution is 2.15. The van der Waals surface area contributed by atoms with Crippen LogP contribution in [0.1, 0.15) is 21.7 Å². The van der Waals surface area contributed by atoms with Gasteiger partial charge in [0, 0.05) is 31.0 Å². The average molecular weight is 289 g/mol. The minimum absolute atomic E-state index is 0.118. The number of aromatic nitrogens is 2. The number of rotatable bonds is 5. The third-order valence-corrected chi connectivity index (χ3v) is 3.52. The molecule has 2 rings (SSSR count). The van der Waals surface area contributed by atoms with Crippen molar-refractivity contribution < 1.29 is 9.90 Å². The Bertz CT molecular complexity index is 608. The molecular weight excluding hydrogens is 274 g/mol. The molecule has 0 unspecified atom stereocenters. The number of nitrogens with zero attached hydrogens (tertiary/aromatic N) is 2. The van der Waals surface area contributed by atoms with Gasteiger partial charge in [0.15, 0.2) is 0 Å². The van der Waals surface area contributed by atoms with Crippen molar-refractivity contribution >= 4 is 17.2 Å². The number of nitrogens with one attached hydrogen (secondary N) is 1. The maximum Gasteiger partial charge on any atom is 0.262 e. The molecule has 2 heterocycles. The molecular formula is C14H15N3O2S. The summed E-state index contributed by atoms with van der Waals surface area (Å²) in [5.74, 6) is 5.21. The van der Waals surface area contributed by atoms with Gasteiger partial charge in [-0.2, -0.15) is 0 Å². The molecule has 104 valence electrons. The largest absolute Gasteiger partial charge is 0.384 e. The highest BCUT2D eigenvalue weighted by molar-refractivity contribution is 7.12. The summed E-state index contributed by atoms with van der Waals surface area (Å²) in [5.41, 5.74) is 0.663. The Kier molecular flexibility index (Phi) is 5.35. The molecule has 0 radical (unpaired) electrons. The van der Waals surface area contributed by atoms with E-state index in [0.717, 1.165) is 13.0 Å². The predicted molar refractivity (Wildman–Crippen MR) is 77.5 cm³/mol. The summed E-state index contributed by atoms with van der Waals surface area (Å²) in [7, 11) is 0. The van der Waals surface area contributed by atoms with Crippen molar-refractivity contribution in [1.29, 1.82) is 0 Å². The summed E-state index contributed by atoms with van der Waals surface area (Å²) >= 11 is 1.35. The molecule has 6 heteroatoms. The number of hydrogen-bond acceptors (Lipinski definition) is 4. The minimum atomic E-state index is -0.207. The normalized spacial score (nSPS) is 9.85. The van der Waals surface area contributed by atoms with Gasteiger partial charge in [0.05, 0.1) is 6.33 Å². The smallest absolute Gasteiger partial charge is 0.262 e. The van der Waals surface area contributed by atoms with E-state index in [1.165, 1.54) is 11.3 Å². The zero-order valence-electron chi connectivity index (χ0n) is 10.9. The van der Waals surface area contributed by atoms with Crippen molar-refractivity contribution in [2.75, 3.05) is 13.2 Å². The minimum Gasteiger partial charge on any atom is -0.384 e. The van der Waals surface area contributed by atoms with Crippen LogP contribution in [0.25, 0.3) is 0 Å². The lowest BCUT2D eigenvalue weighted by atomic mass is 10.2. The van der Waals surface area contributed by atoms with Crippen molar-refractivity contribution in [3.63, 3.8) is 0 Å². The second-order valence-corrected chi connectivity index (χ2v) is 4.95. The van der Waals surface area contributed by atoms with Crippen molar-refractivity contribution in [3.05, 3.63) is 40.6 Å². The van der Waals surface area contributed by atoms with Crippen molar-refractivity contribution in [3.8, 4) is 11.8 Å². The average Bonchev–Trinajstić information content (AvgIpc) is 3.12. The molecule has 0 fully saturated rings. The van der Waals surface area contributed by atoms with Gasteiger partial charge < -0.3 is 15.0 Å². The predicted octanol–water partition coefficient (Wildman–Crippen LogP) is 1.11. The molecule has 0 aromatic carbocycles. The molecule has 5 nitrogen and oxygen atoms in total. The number of thiophene rings is 1. The Hall–Kier alpha value is -2.10. The van der Waals surface area contributed by atoms with E-state index in [9.17, 15) is 4.79 Å². The molecule has 2 N–H and O–H groups in total. The Balaban J connectivity index is 1.81. The summed E-state index contributed by atoms with van der Waals surface area (Å²) in [5, 5.41) is 13.4. The van der Waals surface area contributed by atoms with E-state index < -0.39 is 0 Å². The van der Waals surface area contributed by atoms with Gasteiger partial charge in [0.2, 0.25) is 0 Å². The highest BCUT2D eigenvalue weighted by atomic mass is 32.1. The molecule has 0 spiro atoms. The second kappa shape index (κ2) is 7.48. The van der Waals surface area contributed by atoms with Crippen LogP contribution in [-0.4, -0.2) is 33.7 Å². The number of hydrogen-bond donors (Lipinski definition) is 2. The molecule has 20 heavy (non-hydrogen) atoms. The van der Waals surface area contributed by atoms with Gasteiger partial charge in [-0.1, -0.05) is 11.8 Å². The van der Waals surface area contributed by atoms with Gasteiger partial charge >= 0.3 is 0 Å². The van der Waals surface area contributed by atoms with E-state index in [0.29, 0.717) is 17.0 Å². The van der Waals surface area contributed by atoms with Crippen LogP contribution in [-0.2, 0) is 6.54 Å². The monoisotopic (exact) mass is 289 g/mol. The van der Waals surface area contributed by atoms with Gasteiger partial charge in [-0.05, 0) is 17.9 Å². The second-order valence-electron chi connectivity index (χ2n) is 4.03. The summed E-state index contributed by atoms with van der Waals surface area (Å²) in [6.07, 6.45) is 6.22. The van der Waals surface area contributed by atoms with E-state index in [1.807, 2.05) is 16.1 Å². The van der Waals surface area contributed by atoms with Crippen LogP contribution in [0.5, 0.6) is 0 Å². The molecule has 2 aromatic rings. The number of aryl methyl sites for hydroxylation is 1. The van der Waals surface area contributed by atoms with Crippen molar-refractivity contribution in [1.82, 2.24) is 14.9 Å². The Morgan fingerprint density at radius 2 is 2.45 bits per heavy atom. The Labute approximate surface area is 121 Å². The zero-order valence-corrected chi connectivity index (χ0v) is 11.7. The summed E-state index contributed by atoms with van der Waals surface area (Å²) in [6, 6.07) is 1.79. The van der Waals surface area contributed by atoms with Crippen molar-refractivity contribution in [2.24, 2.45) is 0 Å². The van der Waals surface area contributed by atoms with E-state index in [4.69, 9.17) is 5.11 Å². The van der Waals surface area contributed by atoms with Crippen LogP contribution in [0.4, 0.5) is 0 Å². The Morgan fingerprint density at radius 1 is 1.55 bits per heavy atom. The SMILES string of the molecule is O=C(NCCCn1ccnc1)c1sccc1C#CCO. The van der Waals surface area contributed by atoms with E-state index in [1.54, 1.807) is 18.6 Å². The van der Waals surface area contributed by atoms with Crippen LogP contribution in [0.3, 0.4) is 0 Å². The summed E-state index contributed by atoms with van der Waals surface area (Å²) < 4.78 is 1.97. The molecule has 0 saturated heterocycles. The first-order chi connectivity index (χ1) is 9.81. The number of aliphatic hydroxyl groups is 1. The first-order valence-corrected chi connectivity index (χ1v) is 7.10. The van der Waals surface area contributed by atoms with Crippen LogP contribution >= 0.6 is 11.3 Å². The quantitative estimate of drug-likeness (QED) is 0.640. The van der Waals surface area contributed by atoms with Gasteiger partial charge in [0.1, 0.15) is 11.5 Å². The molecule has 1 amide bonds. The third kappa shape index (κ3) is 3.95. The molecule has 0 saturated carbocycles. The molecule has 0 atom stereocenters. The topological polar surface area (TPSA) is 67.2 Å². The first kappa shape index (κ1) is 14.3. The number of aliphatic hydroxyl groups excluding tert-OH is 1. The van der Waals surface area contributed by atoms with Crippen LogP contribution in [0.15, 0.2) is 30.2 Å². The number of carbonyl (C=O) groups excluding carboxylic acids is 1. The fraction of sp³-hybridized carbons (Fsp3) is 0.286. The van der Waals surface area contributed by atoms with Gasteiger partial charge in [-0.15, -0.1) is 11.3 Å². The molecule has 0 aliphatic rings. The first-order valence-electron chi connectivity index (χ1n) is 6.22. The fourth-order valence-corrected chi connectivity index (χ4v) is 2.45. The lowest BCUT2D eigenvalue weighted by Gasteiger charge is -2.05. The van der Waals surface area contributed by atoms with E-state index in [-0.39, 0.29) is 12.5 Å². The van der Waals surface area contributed by atoms with Crippen LogP contribution < -0.4 is 5.32 Å². The maximum atomic E-state index is 12.0.